The molecular weight excluding hydrogens is 534 g/mol. The Balaban J connectivity index is 1.12. The molecule has 0 spiro atoms. The van der Waals surface area contributed by atoms with Gasteiger partial charge in [-0.05, 0) is 37.0 Å². The van der Waals surface area contributed by atoms with Gasteiger partial charge in [-0.25, -0.2) is 19.7 Å². The number of nitrogens with two attached hydrogens (primary N) is 1. The number of hydrogen-bond donors (Lipinski definition) is 3. The summed E-state index contributed by atoms with van der Waals surface area (Å²) in [6.07, 6.45) is 1.65. The molecule has 2 fully saturated rings. The number of hydrogen-bond acceptors (Lipinski definition) is 9. The van der Waals surface area contributed by atoms with Crippen molar-refractivity contribution in [3.8, 4) is 0 Å². The van der Waals surface area contributed by atoms with E-state index in [9.17, 15) is 9.35 Å². The Labute approximate surface area is 236 Å². The lowest BCUT2D eigenvalue weighted by molar-refractivity contribution is -0.193. The van der Waals surface area contributed by atoms with Gasteiger partial charge < -0.3 is 35.1 Å². The molecule has 5 atom stereocenters. The van der Waals surface area contributed by atoms with Gasteiger partial charge in [0.15, 0.2) is 23.5 Å². The van der Waals surface area contributed by atoms with Crippen LogP contribution in [0.25, 0.3) is 11.2 Å². The van der Waals surface area contributed by atoms with Crippen molar-refractivity contribution in [1.82, 2.24) is 24.8 Å². The summed E-state index contributed by atoms with van der Waals surface area (Å²) in [5.41, 5.74) is 8.92. The molecule has 2 aromatic heterocycles. The standard InChI is InChI=1S/C27H37N7O5S/c1-26(2,3)16-7-9-17(10-8-16)33-25(35)29-11-6-12-40(36)13-18-20-21(39-27(4,5)38-20)24(37-18)34-15-32-19-22(28)30-14-31-23(19)34/h7-10,14-15,18,20-21,24H,6,11-13H2,1-5H3,(H2,28,30,31)(H2,29,33,35)/t18-,20-,21-,24-,40?/m1/s1. The molecule has 3 aromatic rings. The normalized spacial score (nSPS) is 24.6. The highest BCUT2D eigenvalue weighted by Crippen LogP contribution is 2.44. The molecule has 0 saturated carbocycles. The fourth-order valence-electron chi connectivity index (χ4n) is 5.00. The van der Waals surface area contributed by atoms with Crippen molar-refractivity contribution in [3.63, 3.8) is 0 Å². The number of fused-ring (bicyclic) bond motifs is 2. The van der Waals surface area contributed by atoms with E-state index >= 15 is 0 Å². The maximum atomic E-state index is 13.0. The second-order valence-corrected chi connectivity index (χ2v) is 13.2. The van der Waals surface area contributed by atoms with Crippen molar-refractivity contribution >= 4 is 39.9 Å². The Kier molecular flexibility index (Phi) is 7.94. The first-order chi connectivity index (χ1) is 18.9. The molecule has 40 heavy (non-hydrogen) atoms. The van der Waals surface area contributed by atoms with Crippen LogP contribution in [-0.2, 0) is 30.8 Å². The Bertz CT molecular complexity index is 1340. The van der Waals surface area contributed by atoms with Crippen LogP contribution in [0, 0.1) is 0 Å². The molecule has 216 valence electrons. The van der Waals surface area contributed by atoms with Crippen LogP contribution >= 0.6 is 0 Å². The second-order valence-electron chi connectivity index (χ2n) is 11.6. The zero-order chi connectivity index (χ0) is 28.7. The number of benzene rings is 1. The highest BCUT2D eigenvalue weighted by atomic mass is 32.2. The van der Waals surface area contributed by atoms with Crippen molar-refractivity contribution < 1.29 is 23.6 Å². The topological polar surface area (TPSA) is 162 Å². The summed E-state index contributed by atoms with van der Waals surface area (Å²) in [7, 11) is 0. The van der Waals surface area contributed by atoms with Crippen LogP contribution < -0.4 is 16.4 Å². The lowest BCUT2D eigenvalue weighted by Gasteiger charge is -2.25. The minimum Gasteiger partial charge on any atom is -0.616 e. The number of ether oxygens (including phenoxy) is 3. The van der Waals surface area contributed by atoms with Crippen LogP contribution in [0.5, 0.6) is 0 Å². The van der Waals surface area contributed by atoms with Crippen LogP contribution in [0.4, 0.5) is 16.3 Å². The Morgan fingerprint density at radius 2 is 1.88 bits per heavy atom. The monoisotopic (exact) mass is 571 g/mol. The first-order valence-corrected chi connectivity index (χ1v) is 14.8. The number of imidazole rings is 1. The van der Waals surface area contributed by atoms with Crippen molar-refractivity contribution in [2.24, 2.45) is 0 Å². The van der Waals surface area contributed by atoms with Gasteiger partial charge in [-0.3, -0.25) is 4.57 Å². The largest absolute Gasteiger partial charge is 0.616 e. The highest BCUT2D eigenvalue weighted by Gasteiger charge is 2.57. The molecule has 1 unspecified atom stereocenters. The summed E-state index contributed by atoms with van der Waals surface area (Å²) in [6.45, 7) is 10.5. The first kappa shape index (κ1) is 28.6. The van der Waals surface area contributed by atoms with E-state index in [1.54, 1.807) is 10.9 Å². The van der Waals surface area contributed by atoms with Gasteiger partial charge in [0, 0.05) is 18.7 Å². The molecule has 2 amide bonds. The molecule has 4 heterocycles. The maximum absolute atomic E-state index is 13.0. The Hall–Kier alpha value is -2.97. The van der Waals surface area contributed by atoms with Gasteiger partial charge in [-0.15, -0.1) is 0 Å². The third-order valence-corrected chi connectivity index (χ3v) is 8.42. The van der Waals surface area contributed by atoms with E-state index in [1.807, 2.05) is 38.1 Å². The van der Waals surface area contributed by atoms with Gasteiger partial charge in [0.25, 0.3) is 0 Å². The average molecular weight is 572 g/mol. The van der Waals surface area contributed by atoms with Crippen LogP contribution in [0.15, 0.2) is 36.9 Å². The average Bonchev–Trinajstić information content (AvgIpc) is 3.54. The molecular formula is C27H37N7O5S. The summed E-state index contributed by atoms with van der Waals surface area (Å²) in [5.74, 6) is 0.143. The van der Waals surface area contributed by atoms with Gasteiger partial charge in [0.2, 0.25) is 0 Å². The quantitative estimate of drug-likeness (QED) is 0.272. The number of urea groups is 1. The molecule has 12 nitrogen and oxygen atoms in total. The molecule has 0 radical (unpaired) electrons. The van der Waals surface area contributed by atoms with E-state index in [4.69, 9.17) is 19.9 Å². The number of amides is 2. The second kappa shape index (κ2) is 11.1. The van der Waals surface area contributed by atoms with Gasteiger partial charge in [0.05, 0.1) is 6.33 Å². The van der Waals surface area contributed by atoms with Crippen LogP contribution in [0.2, 0.25) is 0 Å². The molecule has 2 aliphatic heterocycles. The molecule has 5 rings (SSSR count). The number of anilines is 2. The molecule has 4 N–H and O–H groups in total. The van der Waals surface area contributed by atoms with E-state index in [0.29, 0.717) is 29.9 Å². The van der Waals surface area contributed by atoms with Crippen molar-refractivity contribution in [3.05, 3.63) is 42.5 Å². The molecule has 2 saturated heterocycles. The summed E-state index contributed by atoms with van der Waals surface area (Å²) in [4.78, 5) is 24.9. The third kappa shape index (κ3) is 6.18. The number of aromatic nitrogens is 4. The molecule has 2 aliphatic rings. The number of nitrogens with one attached hydrogen (secondary N) is 2. The number of nitrogen functional groups attached to an aromatic ring is 1. The number of rotatable bonds is 8. The number of carbonyl (C=O) groups excluding carboxylic acids is 1. The van der Waals surface area contributed by atoms with Crippen molar-refractivity contribution in [2.75, 3.05) is 29.1 Å². The summed E-state index contributed by atoms with van der Waals surface area (Å²) in [5, 5.41) is 5.66. The van der Waals surface area contributed by atoms with Gasteiger partial charge in [-0.2, -0.15) is 0 Å². The summed E-state index contributed by atoms with van der Waals surface area (Å²) in [6, 6.07) is 7.51. The van der Waals surface area contributed by atoms with Gasteiger partial charge >= 0.3 is 6.03 Å². The minimum atomic E-state index is -1.20. The molecule has 1 aromatic carbocycles. The van der Waals surface area contributed by atoms with E-state index in [0.717, 1.165) is 5.69 Å². The van der Waals surface area contributed by atoms with Crippen molar-refractivity contribution in [1.29, 1.82) is 0 Å². The van der Waals surface area contributed by atoms with Crippen molar-refractivity contribution in [2.45, 2.75) is 76.8 Å². The molecule has 13 heteroatoms. The van der Waals surface area contributed by atoms with E-state index < -0.39 is 41.5 Å². The Morgan fingerprint density at radius 1 is 1.15 bits per heavy atom. The first-order valence-electron chi connectivity index (χ1n) is 13.4. The van der Waals surface area contributed by atoms with Crippen LogP contribution in [-0.4, -0.2) is 72.3 Å². The van der Waals surface area contributed by atoms with E-state index in [1.165, 1.54) is 11.9 Å². The fourth-order valence-corrected chi connectivity index (χ4v) is 6.27. The predicted octanol–water partition coefficient (Wildman–Crippen LogP) is 3.08. The Morgan fingerprint density at radius 3 is 2.60 bits per heavy atom. The predicted molar refractivity (Wildman–Crippen MR) is 152 cm³/mol. The van der Waals surface area contributed by atoms with Crippen LogP contribution in [0.1, 0.15) is 52.8 Å². The smallest absolute Gasteiger partial charge is 0.319 e. The van der Waals surface area contributed by atoms with Crippen LogP contribution in [0.3, 0.4) is 0 Å². The lowest BCUT2D eigenvalue weighted by atomic mass is 9.87. The minimum absolute atomic E-state index is 0.0479. The fraction of sp³-hybridized carbons (Fsp3) is 0.556. The summed E-state index contributed by atoms with van der Waals surface area (Å²) < 4.78 is 33.4. The van der Waals surface area contributed by atoms with E-state index in [-0.39, 0.29) is 23.0 Å². The highest BCUT2D eigenvalue weighted by molar-refractivity contribution is 7.91. The number of carbonyl (C=O) groups is 1. The zero-order valence-electron chi connectivity index (χ0n) is 23.4. The van der Waals surface area contributed by atoms with Gasteiger partial charge in [0.1, 0.15) is 41.7 Å². The van der Waals surface area contributed by atoms with E-state index in [2.05, 4.69) is 46.4 Å². The lowest BCUT2D eigenvalue weighted by Crippen LogP contribution is -2.36. The molecule has 0 bridgehead atoms. The SMILES string of the molecule is CC1(C)O[C@@H]2[C@H](O1)[C@@H](C[S+]([O-])CCCNC(=O)Nc1ccc(C(C)(C)C)cc1)O[C@H]2n1cnc2c(N)ncnc21. The maximum Gasteiger partial charge on any atom is 0.319 e. The summed E-state index contributed by atoms with van der Waals surface area (Å²) >= 11 is -1.20. The number of nitrogens with zero attached hydrogens (tertiary/aromatic N) is 4. The third-order valence-electron chi connectivity index (χ3n) is 6.98. The van der Waals surface area contributed by atoms with Gasteiger partial charge in [-0.1, -0.05) is 44.1 Å². The molecule has 0 aliphatic carbocycles. The zero-order valence-corrected chi connectivity index (χ0v) is 24.2.